The highest BCUT2D eigenvalue weighted by molar-refractivity contribution is 6.32. The number of carboxylic acids is 1. The summed E-state index contributed by atoms with van der Waals surface area (Å²) in [5.74, 6) is -2.89. The van der Waals surface area contributed by atoms with Gasteiger partial charge < -0.3 is 9.84 Å². The van der Waals surface area contributed by atoms with Crippen molar-refractivity contribution in [1.82, 2.24) is 0 Å². The predicted octanol–water partition coefficient (Wildman–Crippen LogP) is 4.51. The van der Waals surface area contributed by atoms with Crippen molar-refractivity contribution in [3.63, 3.8) is 0 Å². The Balaban J connectivity index is 2.41. The zero-order chi connectivity index (χ0) is 15.4. The van der Waals surface area contributed by atoms with Crippen molar-refractivity contribution in [1.29, 1.82) is 0 Å². The van der Waals surface area contributed by atoms with Crippen molar-refractivity contribution < 1.29 is 23.4 Å². The number of carbonyl (C=O) groups is 1. The van der Waals surface area contributed by atoms with Gasteiger partial charge in [0.15, 0.2) is 17.3 Å². The van der Waals surface area contributed by atoms with Gasteiger partial charge in [0.2, 0.25) is 0 Å². The SMILES string of the molecule is O=C(O)/C=C/c1cccc(Cl)c1Oc1ccc(F)cc1F. The molecule has 0 bridgehead atoms. The summed E-state index contributed by atoms with van der Waals surface area (Å²) < 4.78 is 31.8. The zero-order valence-corrected chi connectivity index (χ0v) is 11.3. The Hall–Kier alpha value is -2.40. The van der Waals surface area contributed by atoms with E-state index in [2.05, 4.69) is 0 Å². The number of halogens is 3. The lowest BCUT2D eigenvalue weighted by atomic mass is 10.2. The van der Waals surface area contributed by atoms with Crippen LogP contribution in [-0.2, 0) is 4.79 Å². The van der Waals surface area contributed by atoms with E-state index >= 15 is 0 Å². The van der Waals surface area contributed by atoms with Crippen LogP contribution in [0.5, 0.6) is 11.5 Å². The molecule has 0 saturated heterocycles. The maximum atomic E-state index is 13.6. The van der Waals surface area contributed by atoms with Crippen molar-refractivity contribution in [2.45, 2.75) is 0 Å². The first-order chi connectivity index (χ1) is 9.97. The topological polar surface area (TPSA) is 46.5 Å². The highest BCUT2D eigenvalue weighted by Crippen LogP contribution is 2.34. The number of carboxylic acid groups (broad SMARTS) is 1. The largest absolute Gasteiger partial charge is 0.478 e. The van der Waals surface area contributed by atoms with Gasteiger partial charge in [-0.15, -0.1) is 0 Å². The van der Waals surface area contributed by atoms with Crippen LogP contribution in [-0.4, -0.2) is 11.1 Å². The van der Waals surface area contributed by atoms with E-state index in [1.165, 1.54) is 12.1 Å². The van der Waals surface area contributed by atoms with E-state index in [9.17, 15) is 13.6 Å². The van der Waals surface area contributed by atoms with Gasteiger partial charge in [0.25, 0.3) is 0 Å². The summed E-state index contributed by atoms with van der Waals surface area (Å²) in [6.45, 7) is 0. The minimum absolute atomic E-state index is 0.0853. The summed E-state index contributed by atoms with van der Waals surface area (Å²) in [5.41, 5.74) is 0.355. The molecule has 2 rings (SSSR count). The molecule has 21 heavy (non-hydrogen) atoms. The second-order valence-electron chi connectivity index (χ2n) is 4.01. The molecular weight excluding hydrogens is 302 g/mol. The van der Waals surface area contributed by atoms with Crippen LogP contribution in [0, 0.1) is 11.6 Å². The minimum atomic E-state index is -1.14. The number of benzene rings is 2. The fraction of sp³-hybridized carbons (Fsp3) is 0. The number of ether oxygens (including phenoxy) is 1. The van der Waals surface area contributed by atoms with Crippen LogP contribution in [0.4, 0.5) is 8.78 Å². The zero-order valence-electron chi connectivity index (χ0n) is 10.5. The van der Waals surface area contributed by atoms with Crippen LogP contribution in [0.15, 0.2) is 42.5 Å². The Labute approximate surface area is 124 Å². The second kappa shape index (κ2) is 6.37. The van der Waals surface area contributed by atoms with E-state index in [0.29, 0.717) is 11.6 Å². The molecule has 0 aliphatic heterocycles. The maximum Gasteiger partial charge on any atom is 0.328 e. The molecule has 0 unspecified atom stereocenters. The lowest BCUT2D eigenvalue weighted by Crippen LogP contribution is -1.93. The molecule has 0 amide bonds. The van der Waals surface area contributed by atoms with Crippen molar-refractivity contribution in [2.24, 2.45) is 0 Å². The van der Waals surface area contributed by atoms with Gasteiger partial charge in [-0.25, -0.2) is 13.6 Å². The molecule has 1 N–H and O–H groups in total. The molecule has 0 aliphatic carbocycles. The van der Waals surface area contributed by atoms with Crippen molar-refractivity contribution in [3.8, 4) is 11.5 Å². The first-order valence-corrected chi connectivity index (χ1v) is 6.17. The Morgan fingerprint density at radius 1 is 1.24 bits per heavy atom. The third-order valence-corrected chi connectivity index (χ3v) is 2.81. The Morgan fingerprint density at radius 3 is 2.67 bits per heavy atom. The summed E-state index contributed by atoms with van der Waals surface area (Å²) in [5, 5.41) is 8.81. The number of hydrogen-bond acceptors (Lipinski definition) is 2. The van der Waals surface area contributed by atoms with E-state index in [1.54, 1.807) is 12.1 Å². The molecule has 0 radical (unpaired) electrons. The fourth-order valence-electron chi connectivity index (χ4n) is 1.59. The molecule has 0 saturated carbocycles. The van der Waals surface area contributed by atoms with Gasteiger partial charge in [-0.05, 0) is 24.3 Å². The van der Waals surface area contributed by atoms with Crippen LogP contribution in [0.25, 0.3) is 6.08 Å². The van der Waals surface area contributed by atoms with Gasteiger partial charge in [0.05, 0.1) is 5.02 Å². The van der Waals surface area contributed by atoms with Gasteiger partial charge in [-0.3, -0.25) is 0 Å². The molecule has 0 aromatic heterocycles. The standard InChI is InChI=1S/C15H9ClF2O3/c16-11-3-1-2-9(4-7-14(19)20)15(11)21-13-6-5-10(17)8-12(13)18/h1-8H,(H,19,20)/b7-4+. The third kappa shape index (κ3) is 3.79. The molecule has 6 heteroatoms. The molecule has 0 atom stereocenters. The molecule has 0 fully saturated rings. The van der Waals surface area contributed by atoms with E-state index in [-0.39, 0.29) is 16.5 Å². The van der Waals surface area contributed by atoms with E-state index in [1.807, 2.05) is 0 Å². The number of hydrogen-bond donors (Lipinski definition) is 1. The monoisotopic (exact) mass is 310 g/mol. The van der Waals surface area contributed by atoms with Crippen molar-refractivity contribution in [3.05, 3.63) is 64.7 Å². The Bertz CT molecular complexity index is 714. The molecule has 0 spiro atoms. The lowest BCUT2D eigenvalue weighted by molar-refractivity contribution is -0.131. The first-order valence-electron chi connectivity index (χ1n) is 5.80. The summed E-state index contributed by atoms with van der Waals surface area (Å²) in [4.78, 5) is 10.6. The summed E-state index contributed by atoms with van der Waals surface area (Å²) in [6.07, 6.45) is 2.17. The van der Waals surface area contributed by atoms with Crippen LogP contribution in [0.1, 0.15) is 5.56 Å². The van der Waals surface area contributed by atoms with Gasteiger partial charge >= 0.3 is 5.97 Å². The maximum absolute atomic E-state index is 13.6. The minimum Gasteiger partial charge on any atom is -0.478 e. The smallest absolute Gasteiger partial charge is 0.328 e. The number of aliphatic carboxylic acids is 1. The second-order valence-corrected chi connectivity index (χ2v) is 4.41. The van der Waals surface area contributed by atoms with Crippen molar-refractivity contribution in [2.75, 3.05) is 0 Å². The van der Waals surface area contributed by atoms with Crippen LogP contribution in [0.3, 0.4) is 0 Å². The number of para-hydroxylation sites is 1. The molecule has 108 valence electrons. The predicted molar refractivity (Wildman–Crippen MR) is 74.6 cm³/mol. The Morgan fingerprint density at radius 2 is 2.00 bits per heavy atom. The highest BCUT2D eigenvalue weighted by Gasteiger charge is 2.12. The quantitative estimate of drug-likeness (QED) is 0.845. The highest BCUT2D eigenvalue weighted by atomic mass is 35.5. The summed E-state index contributed by atoms with van der Waals surface area (Å²) in [6, 6.07) is 7.51. The van der Waals surface area contributed by atoms with Crippen LogP contribution >= 0.6 is 11.6 Å². The van der Waals surface area contributed by atoms with E-state index < -0.39 is 17.6 Å². The van der Waals surface area contributed by atoms with Gasteiger partial charge in [0, 0.05) is 17.7 Å². The Kier molecular flexibility index (Phi) is 4.55. The van der Waals surface area contributed by atoms with Gasteiger partial charge in [0.1, 0.15) is 5.82 Å². The van der Waals surface area contributed by atoms with Crippen molar-refractivity contribution >= 4 is 23.6 Å². The first kappa shape index (κ1) is 15.0. The normalized spacial score (nSPS) is 10.8. The van der Waals surface area contributed by atoms with Gasteiger partial charge in [-0.1, -0.05) is 23.7 Å². The molecule has 0 heterocycles. The fourth-order valence-corrected chi connectivity index (χ4v) is 1.81. The van der Waals surface area contributed by atoms with Crippen LogP contribution in [0.2, 0.25) is 5.02 Å². The number of rotatable bonds is 4. The van der Waals surface area contributed by atoms with Crippen LogP contribution < -0.4 is 4.74 Å². The average Bonchev–Trinajstić information content (AvgIpc) is 2.42. The molecule has 0 aliphatic rings. The average molecular weight is 311 g/mol. The van der Waals surface area contributed by atoms with Gasteiger partial charge in [-0.2, -0.15) is 0 Å². The molecule has 2 aromatic carbocycles. The summed E-state index contributed by atoms with van der Waals surface area (Å²) >= 11 is 5.98. The van der Waals surface area contributed by atoms with E-state index in [0.717, 1.165) is 18.2 Å². The molecular formula is C15H9ClF2O3. The van der Waals surface area contributed by atoms with E-state index in [4.69, 9.17) is 21.4 Å². The molecule has 2 aromatic rings. The lowest BCUT2D eigenvalue weighted by Gasteiger charge is -2.11. The summed E-state index contributed by atoms with van der Waals surface area (Å²) in [7, 11) is 0. The molecule has 3 nitrogen and oxygen atoms in total. The third-order valence-electron chi connectivity index (χ3n) is 2.51.